The molecule has 0 N–H and O–H groups in total. The maximum Gasteiger partial charge on any atom is 0.0635 e. The molecule has 1 heteroatoms. The van der Waals surface area contributed by atoms with Gasteiger partial charge in [0, 0.05) is 6.20 Å². The summed E-state index contributed by atoms with van der Waals surface area (Å²) < 4.78 is 0. The van der Waals surface area contributed by atoms with Gasteiger partial charge in [-0.25, -0.2) is 0 Å². The van der Waals surface area contributed by atoms with E-state index in [2.05, 4.69) is 10.9 Å². The number of rotatable bonds is 1. The number of allylic oxidation sites excluding steroid dienone is 1. The van der Waals surface area contributed by atoms with E-state index in [1.807, 2.05) is 18.2 Å². The highest BCUT2D eigenvalue weighted by molar-refractivity contribution is 5.47. The molecule has 1 rings (SSSR count). The molecule has 1 nitrogen and oxygen atoms in total. The van der Waals surface area contributed by atoms with Crippen molar-refractivity contribution in [1.29, 1.82) is 0 Å². The van der Waals surface area contributed by atoms with Gasteiger partial charge >= 0.3 is 0 Å². The van der Waals surface area contributed by atoms with Crippen molar-refractivity contribution in [2.45, 2.75) is 0 Å². The van der Waals surface area contributed by atoms with Crippen LogP contribution in [0.2, 0.25) is 0 Å². The second-order valence-electron chi connectivity index (χ2n) is 1.75. The molecule has 0 radical (unpaired) electrons. The summed E-state index contributed by atoms with van der Waals surface area (Å²) in [4.78, 5) is 4.03. The van der Waals surface area contributed by atoms with E-state index in [-0.39, 0.29) is 0 Å². The third-order valence-electron chi connectivity index (χ3n) is 1.04. The third kappa shape index (κ3) is 1.75. The van der Waals surface area contributed by atoms with E-state index in [4.69, 9.17) is 6.42 Å². The average molecular weight is 129 g/mol. The summed E-state index contributed by atoms with van der Waals surface area (Å²) in [6.07, 6.45) is 10.2. The van der Waals surface area contributed by atoms with Gasteiger partial charge in [0.2, 0.25) is 0 Å². The zero-order valence-corrected chi connectivity index (χ0v) is 5.49. The molecule has 1 aromatic rings. The number of aromatic nitrogens is 1. The summed E-state index contributed by atoms with van der Waals surface area (Å²) in [5, 5.41) is 0. The Kier molecular flexibility index (Phi) is 2.28. The zero-order valence-electron chi connectivity index (χ0n) is 5.49. The first kappa shape index (κ1) is 6.57. The first-order valence-electron chi connectivity index (χ1n) is 2.97. The van der Waals surface area contributed by atoms with Crippen LogP contribution >= 0.6 is 0 Å². The number of pyridine rings is 1. The fourth-order valence-electron chi connectivity index (χ4n) is 0.608. The molecule has 48 valence electrons. The van der Waals surface area contributed by atoms with Crippen molar-refractivity contribution in [2.75, 3.05) is 0 Å². The van der Waals surface area contributed by atoms with Gasteiger partial charge in [-0.05, 0) is 24.3 Å². The SMILES string of the molecule is C#C/C=C\c1ccccn1. The summed E-state index contributed by atoms with van der Waals surface area (Å²) in [6, 6.07) is 5.68. The quantitative estimate of drug-likeness (QED) is 0.526. The minimum Gasteiger partial charge on any atom is -0.257 e. The van der Waals surface area contributed by atoms with Gasteiger partial charge in [0.15, 0.2) is 0 Å². The molecule has 0 spiro atoms. The van der Waals surface area contributed by atoms with Gasteiger partial charge in [-0.2, -0.15) is 0 Å². The first-order chi connectivity index (χ1) is 4.93. The smallest absolute Gasteiger partial charge is 0.0635 e. The lowest BCUT2D eigenvalue weighted by atomic mass is 10.3. The molecule has 0 saturated carbocycles. The van der Waals surface area contributed by atoms with Gasteiger partial charge in [-0.15, -0.1) is 6.42 Å². The second-order valence-corrected chi connectivity index (χ2v) is 1.75. The maximum atomic E-state index is 5.01. The molecule has 0 bridgehead atoms. The Balaban J connectivity index is 2.79. The number of nitrogens with zero attached hydrogens (tertiary/aromatic N) is 1. The van der Waals surface area contributed by atoms with Crippen LogP contribution in [0.15, 0.2) is 30.5 Å². The Morgan fingerprint density at radius 1 is 1.50 bits per heavy atom. The molecule has 0 atom stereocenters. The topological polar surface area (TPSA) is 12.9 Å². The Morgan fingerprint density at radius 3 is 3.00 bits per heavy atom. The fraction of sp³-hybridized carbons (Fsp3) is 0. The summed E-state index contributed by atoms with van der Waals surface area (Å²) in [6.45, 7) is 0. The van der Waals surface area contributed by atoms with Crippen LogP contribution in [0.4, 0.5) is 0 Å². The lowest BCUT2D eigenvalue weighted by molar-refractivity contribution is 1.30. The summed E-state index contributed by atoms with van der Waals surface area (Å²) in [7, 11) is 0. The van der Waals surface area contributed by atoms with Gasteiger partial charge < -0.3 is 0 Å². The van der Waals surface area contributed by atoms with Gasteiger partial charge in [-0.1, -0.05) is 12.0 Å². The highest BCUT2D eigenvalue weighted by Gasteiger charge is 1.80. The van der Waals surface area contributed by atoms with E-state index in [1.165, 1.54) is 0 Å². The Hall–Kier alpha value is -1.55. The average Bonchev–Trinajstić information content (AvgIpc) is 2.03. The molecule has 0 aliphatic heterocycles. The first-order valence-corrected chi connectivity index (χ1v) is 2.97. The summed E-state index contributed by atoms with van der Waals surface area (Å²) >= 11 is 0. The molecule has 0 saturated heterocycles. The largest absolute Gasteiger partial charge is 0.257 e. The van der Waals surface area contributed by atoms with Crippen molar-refractivity contribution < 1.29 is 0 Å². The lowest BCUT2D eigenvalue weighted by Gasteiger charge is -1.85. The molecule has 10 heavy (non-hydrogen) atoms. The molecule has 0 unspecified atom stereocenters. The van der Waals surface area contributed by atoms with Crippen molar-refractivity contribution in [3.63, 3.8) is 0 Å². The van der Waals surface area contributed by atoms with Crippen LogP contribution in [0.3, 0.4) is 0 Å². The molecule has 0 fully saturated rings. The fourth-order valence-corrected chi connectivity index (χ4v) is 0.608. The van der Waals surface area contributed by atoms with Gasteiger partial charge in [0.05, 0.1) is 5.69 Å². The van der Waals surface area contributed by atoms with Crippen LogP contribution in [0.1, 0.15) is 5.69 Å². The van der Waals surface area contributed by atoms with Crippen molar-refractivity contribution in [1.82, 2.24) is 4.98 Å². The molecular weight excluding hydrogens is 122 g/mol. The van der Waals surface area contributed by atoms with Crippen molar-refractivity contribution >= 4 is 6.08 Å². The molecular formula is C9H7N. The molecule has 0 aliphatic rings. The Morgan fingerprint density at radius 2 is 2.40 bits per heavy atom. The zero-order chi connectivity index (χ0) is 7.23. The lowest BCUT2D eigenvalue weighted by Crippen LogP contribution is -1.74. The maximum absolute atomic E-state index is 5.01. The number of hydrogen-bond acceptors (Lipinski definition) is 1. The molecule has 1 heterocycles. The predicted molar refractivity (Wildman–Crippen MR) is 42.1 cm³/mol. The number of hydrogen-bond donors (Lipinski definition) is 0. The highest BCUT2D eigenvalue weighted by Crippen LogP contribution is 1.94. The van der Waals surface area contributed by atoms with Gasteiger partial charge in [-0.3, -0.25) is 4.98 Å². The van der Waals surface area contributed by atoms with Crippen molar-refractivity contribution in [2.24, 2.45) is 0 Å². The predicted octanol–water partition coefficient (Wildman–Crippen LogP) is 1.73. The summed E-state index contributed by atoms with van der Waals surface area (Å²) in [5.74, 6) is 2.40. The van der Waals surface area contributed by atoms with Gasteiger partial charge in [0.25, 0.3) is 0 Å². The standard InChI is InChI=1S/C9H7N/c1-2-3-6-9-7-4-5-8-10-9/h1,3-8H/b6-3-. The Labute approximate surface area is 60.4 Å². The highest BCUT2D eigenvalue weighted by atomic mass is 14.6. The molecule has 0 aromatic carbocycles. The van der Waals surface area contributed by atoms with E-state index < -0.39 is 0 Å². The summed E-state index contributed by atoms with van der Waals surface area (Å²) in [5.41, 5.74) is 0.889. The van der Waals surface area contributed by atoms with Crippen LogP contribution in [-0.2, 0) is 0 Å². The van der Waals surface area contributed by atoms with Crippen LogP contribution < -0.4 is 0 Å². The van der Waals surface area contributed by atoms with E-state index >= 15 is 0 Å². The molecule has 1 aromatic heterocycles. The minimum absolute atomic E-state index is 0.889. The monoisotopic (exact) mass is 129 g/mol. The normalized spacial score (nSPS) is 9.50. The van der Waals surface area contributed by atoms with Crippen LogP contribution in [0.25, 0.3) is 6.08 Å². The van der Waals surface area contributed by atoms with E-state index in [0.29, 0.717) is 0 Å². The molecule has 0 aliphatic carbocycles. The van der Waals surface area contributed by atoms with Crippen LogP contribution in [0.5, 0.6) is 0 Å². The van der Waals surface area contributed by atoms with E-state index in [0.717, 1.165) is 5.69 Å². The minimum atomic E-state index is 0.889. The Bertz CT molecular complexity index is 254. The van der Waals surface area contributed by atoms with Crippen molar-refractivity contribution in [3.8, 4) is 12.3 Å². The van der Waals surface area contributed by atoms with Gasteiger partial charge in [0.1, 0.15) is 0 Å². The second kappa shape index (κ2) is 3.47. The number of terminal acetylenes is 1. The molecule has 0 amide bonds. The van der Waals surface area contributed by atoms with Crippen LogP contribution in [0, 0.1) is 12.3 Å². The van der Waals surface area contributed by atoms with E-state index in [1.54, 1.807) is 18.3 Å². The third-order valence-corrected chi connectivity index (χ3v) is 1.04. The van der Waals surface area contributed by atoms with Crippen LogP contribution in [-0.4, -0.2) is 4.98 Å². The van der Waals surface area contributed by atoms with Crippen molar-refractivity contribution in [3.05, 3.63) is 36.2 Å². The van der Waals surface area contributed by atoms with E-state index in [9.17, 15) is 0 Å².